The summed E-state index contributed by atoms with van der Waals surface area (Å²) < 4.78 is 25.3. The third-order valence-corrected chi connectivity index (χ3v) is 7.95. The Morgan fingerprint density at radius 1 is 1.00 bits per heavy atom. The van der Waals surface area contributed by atoms with Gasteiger partial charge in [0.05, 0.1) is 9.60 Å². The molecule has 1 heterocycles. The van der Waals surface area contributed by atoms with Crippen LogP contribution in [-0.4, -0.2) is 56.6 Å². The maximum atomic E-state index is 13.6. The second-order valence-corrected chi connectivity index (χ2v) is 12.2. The Morgan fingerprint density at radius 2 is 1.62 bits per heavy atom. The van der Waals surface area contributed by atoms with Crippen LogP contribution < -0.4 is 4.90 Å². The number of thiazole rings is 1. The van der Waals surface area contributed by atoms with Gasteiger partial charge in [-0.05, 0) is 48.3 Å². The van der Waals surface area contributed by atoms with E-state index in [-0.39, 0.29) is 28.6 Å². The lowest BCUT2D eigenvalue weighted by Gasteiger charge is -2.25. The normalized spacial score (nSPS) is 12.1. The molecule has 186 valence electrons. The first kappa shape index (κ1) is 28.2. The van der Waals surface area contributed by atoms with Gasteiger partial charge >= 0.3 is 0 Å². The van der Waals surface area contributed by atoms with Crippen molar-refractivity contribution >= 4 is 54.8 Å². The highest BCUT2D eigenvalue weighted by Crippen LogP contribution is 2.33. The predicted molar refractivity (Wildman–Crippen MR) is 145 cm³/mol. The molecule has 34 heavy (non-hydrogen) atoms. The highest BCUT2D eigenvalue weighted by Gasteiger charge is 2.24. The molecule has 3 aromatic rings. The first-order valence-corrected chi connectivity index (χ1v) is 13.9. The van der Waals surface area contributed by atoms with Crippen LogP contribution in [0.2, 0.25) is 0 Å². The largest absolute Gasteiger partial charge is 0.302 e. The maximum absolute atomic E-state index is 13.6. The van der Waals surface area contributed by atoms with Gasteiger partial charge in [0.2, 0.25) is 0 Å². The number of likely N-dealkylation sites (N-methyl/N-ethyl adjacent to an activating group) is 1. The fourth-order valence-electron chi connectivity index (χ4n) is 3.66. The lowest BCUT2D eigenvalue weighted by atomic mass is 9.86. The van der Waals surface area contributed by atoms with Crippen LogP contribution in [0, 0.1) is 0 Å². The first-order chi connectivity index (χ1) is 15.5. The molecule has 0 unspecified atom stereocenters. The lowest BCUT2D eigenvalue weighted by Crippen LogP contribution is -2.38. The summed E-state index contributed by atoms with van der Waals surface area (Å²) in [4.78, 5) is 22.4. The Bertz CT molecular complexity index is 1230. The van der Waals surface area contributed by atoms with Crippen LogP contribution in [0.25, 0.3) is 10.2 Å². The summed E-state index contributed by atoms with van der Waals surface area (Å²) in [5.41, 5.74) is 2.17. The predicted octanol–water partition coefficient (Wildman–Crippen LogP) is 5.41. The van der Waals surface area contributed by atoms with E-state index in [0.717, 1.165) is 23.4 Å². The van der Waals surface area contributed by atoms with Crippen LogP contribution in [-0.2, 0) is 15.3 Å². The zero-order valence-electron chi connectivity index (χ0n) is 20.7. The molecule has 0 saturated carbocycles. The van der Waals surface area contributed by atoms with E-state index in [1.807, 2.05) is 30.3 Å². The zero-order valence-corrected chi connectivity index (χ0v) is 23.1. The van der Waals surface area contributed by atoms with Crippen LogP contribution in [0.4, 0.5) is 5.13 Å². The van der Waals surface area contributed by atoms with E-state index < -0.39 is 9.84 Å². The van der Waals surface area contributed by atoms with Crippen molar-refractivity contribution < 1.29 is 13.2 Å². The van der Waals surface area contributed by atoms with Gasteiger partial charge in [-0.2, -0.15) is 0 Å². The molecule has 3 rings (SSSR count). The van der Waals surface area contributed by atoms with E-state index in [9.17, 15) is 13.2 Å². The Morgan fingerprint density at radius 3 is 2.15 bits per heavy atom. The summed E-state index contributed by atoms with van der Waals surface area (Å²) in [6, 6.07) is 12.8. The van der Waals surface area contributed by atoms with Gasteiger partial charge in [-0.1, -0.05) is 64.2 Å². The van der Waals surface area contributed by atoms with Gasteiger partial charge in [-0.15, -0.1) is 12.4 Å². The number of para-hydroxylation sites is 1. The molecular formula is C25H34ClN3O3S2. The zero-order chi connectivity index (χ0) is 24.4. The Labute approximate surface area is 213 Å². The molecule has 1 amide bonds. The van der Waals surface area contributed by atoms with Gasteiger partial charge in [0, 0.05) is 24.9 Å². The quantitative estimate of drug-likeness (QED) is 0.395. The molecule has 0 aliphatic heterocycles. The molecule has 6 nitrogen and oxygen atoms in total. The molecule has 0 atom stereocenters. The number of nitrogens with zero attached hydrogens (tertiary/aromatic N) is 3. The van der Waals surface area contributed by atoms with Crippen molar-refractivity contribution in [3.8, 4) is 0 Å². The van der Waals surface area contributed by atoms with Crippen molar-refractivity contribution in [2.75, 3.05) is 37.3 Å². The van der Waals surface area contributed by atoms with E-state index in [0.29, 0.717) is 29.3 Å². The molecule has 0 spiro atoms. The van der Waals surface area contributed by atoms with E-state index in [2.05, 4.69) is 44.5 Å². The number of sulfone groups is 1. The Hall–Kier alpha value is -2.00. The molecule has 0 aliphatic rings. The SMILES string of the molecule is CCN(CC)CCN(C(=O)c1ccc(C(C)(C)C)cc1)c1nc2c(S(C)(=O)=O)cccc2s1.Cl. The molecule has 2 aromatic carbocycles. The molecule has 0 saturated heterocycles. The second-order valence-electron chi connectivity index (χ2n) is 9.18. The third-order valence-electron chi connectivity index (χ3n) is 5.78. The molecule has 0 N–H and O–H groups in total. The van der Waals surface area contributed by atoms with Crippen molar-refractivity contribution in [3.63, 3.8) is 0 Å². The van der Waals surface area contributed by atoms with Gasteiger partial charge < -0.3 is 4.90 Å². The number of carbonyl (C=O) groups is 1. The average molecular weight is 524 g/mol. The van der Waals surface area contributed by atoms with E-state index >= 15 is 0 Å². The van der Waals surface area contributed by atoms with E-state index in [4.69, 9.17) is 0 Å². The third kappa shape index (κ3) is 6.36. The van der Waals surface area contributed by atoms with Crippen LogP contribution in [0.5, 0.6) is 0 Å². The van der Waals surface area contributed by atoms with Crippen molar-refractivity contribution in [2.24, 2.45) is 0 Å². The van der Waals surface area contributed by atoms with Crippen molar-refractivity contribution in [2.45, 2.75) is 44.9 Å². The summed E-state index contributed by atoms with van der Waals surface area (Å²) in [5, 5.41) is 0.512. The number of anilines is 1. The molecule has 0 bridgehead atoms. The average Bonchev–Trinajstić information content (AvgIpc) is 3.19. The molecule has 1 aromatic heterocycles. The van der Waals surface area contributed by atoms with Gasteiger partial charge in [0.15, 0.2) is 15.0 Å². The van der Waals surface area contributed by atoms with Crippen molar-refractivity contribution in [1.29, 1.82) is 0 Å². The summed E-state index contributed by atoms with van der Waals surface area (Å²) in [6.45, 7) is 13.5. The van der Waals surface area contributed by atoms with Crippen molar-refractivity contribution in [1.82, 2.24) is 9.88 Å². The van der Waals surface area contributed by atoms with Gasteiger partial charge in [0.1, 0.15) is 5.52 Å². The fraction of sp³-hybridized carbons (Fsp3) is 0.440. The van der Waals surface area contributed by atoms with Crippen LogP contribution >= 0.6 is 23.7 Å². The number of fused-ring (bicyclic) bond motifs is 1. The number of rotatable bonds is 8. The van der Waals surface area contributed by atoms with Crippen LogP contribution in [0.3, 0.4) is 0 Å². The van der Waals surface area contributed by atoms with Gasteiger partial charge in [-0.25, -0.2) is 13.4 Å². The smallest absolute Gasteiger partial charge is 0.260 e. The number of aromatic nitrogens is 1. The summed E-state index contributed by atoms with van der Waals surface area (Å²) in [5.74, 6) is -0.137. The Balaban J connectivity index is 0.00000408. The maximum Gasteiger partial charge on any atom is 0.260 e. The van der Waals surface area contributed by atoms with Crippen LogP contribution in [0.1, 0.15) is 50.5 Å². The standard InChI is InChI=1S/C25H33N3O3S2.ClH/c1-7-27(8-2)16-17-28(23(29)18-12-14-19(15-13-18)25(3,4)5)24-26-22-20(32-24)10-9-11-21(22)33(6,30)31;/h9-15H,7-8,16-17H2,1-6H3;1H. The van der Waals surface area contributed by atoms with E-state index in [1.165, 1.54) is 17.6 Å². The number of benzene rings is 2. The topological polar surface area (TPSA) is 70.6 Å². The second kappa shape index (κ2) is 11.2. The minimum atomic E-state index is -3.43. The molecular weight excluding hydrogens is 490 g/mol. The van der Waals surface area contributed by atoms with E-state index in [1.54, 1.807) is 17.0 Å². The number of hydrogen-bond acceptors (Lipinski definition) is 6. The fourth-order valence-corrected chi connectivity index (χ4v) is 5.57. The minimum Gasteiger partial charge on any atom is -0.302 e. The van der Waals surface area contributed by atoms with Crippen molar-refractivity contribution in [3.05, 3.63) is 53.6 Å². The summed E-state index contributed by atoms with van der Waals surface area (Å²) >= 11 is 1.34. The molecule has 0 aliphatic carbocycles. The molecule has 0 radical (unpaired) electrons. The number of halogens is 1. The molecule has 9 heteroatoms. The minimum absolute atomic E-state index is 0. The summed E-state index contributed by atoms with van der Waals surface area (Å²) in [6.07, 6.45) is 1.18. The van der Waals surface area contributed by atoms with Crippen LogP contribution in [0.15, 0.2) is 47.4 Å². The summed E-state index contributed by atoms with van der Waals surface area (Å²) in [7, 11) is -3.43. The monoisotopic (exact) mass is 523 g/mol. The highest BCUT2D eigenvalue weighted by molar-refractivity contribution is 7.91. The lowest BCUT2D eigenvalue weighted by molar-refractivity contribution is 0.0983. The number of carbonyl (C=O) groups excluding carboxylic acids is 1. The Kier molecular flexibility index (Phi) is 9.27. The highest BCUT2D eigenvalue weighted by atomic mass is 35.5. The molecule has 0 fully saturated rings. The number of hydrogen-bond donors (Lipinski definition) is 0. The van der Waals surface area contributed by atoms with Gasteiger partial charge in [0.25, 0.3) is 5.91 Å². The van der Waals surface area contributed by atoms with Gasteiger partial charge in [-0.3, -0.25) is 9.69 Å². The first-order valence-electron chi connectivity index (χ1n) is 11.2. The number of amides is 1.